The molecule has 4 rings (SSSR count). The smallest absolute Gasteiger partial charge is 0.0545 e. The Morgan fingerprint density at radius 3 is 2.79 bits per heavy atom. The number of benzene rings is 2. The molecule has 0 aliphatic carbocycles. The summed E-state index contributed by atoms with van der Waals surface area (Å²) in [5, 5.41) is 15.0. The molecule has 4 aromatic rings. The molecule has 0 aliphatic heterocycles. The predicted molar refractivity (Wildman–Crippen MR) is 150 cm³/mol. The molecule has 0 spiro atoms. The van der Waals surface area contributed by atoms with Crippen LogP contribution in [0.15, 0.2) is 48.0 Å². The maximum atomic E-state index is 12.9. The van der Waals surface area contributed by atoms with Gasteiger partial charge in [0.05, 0.1) is 16.9 Å². The minimum atomic E-state index is -0.442. The number of hydrogen-bond donors (Lipinski definition) is 3. The van der Waals surface area contributed by atoms with Crippen LogP contribution in [0.25, 0.3) is 10.1 Å². The molecular formula is C28H28ClIN3O5S-. The van der Waals surface area contributed by atoms with E-state index in [-0.39, 0.29) is 46.9 Å². The van der Waals surface area contributed by atoms with E-state index in [9.17, 15) is 9.59 Å². The van der Waals surface area contributed by atoms with E-state index >= 15 is 0 Å². The molecule has 0 atom stereocenters. The van der Waals surface area contributed by atoms with E-state index in [2.05, 4.69) is 10.3 Å². The van der Waals surface area contributed by atoms with Gasteiger partial charge in [0, 0.05) is 11.6 Å². The van der Waals surface area contributed by atoms with E-state index in [1.807, 2.05) is 30.5 Å². The number of carbonyl (C=O) groups excluding carboxylic acids is 2. The van der Waals surface area contributed by atoms with Gasteiger partial charge in [0.1, 0.15) is 5.82 Å². The van der Waals surface area contributed by atoms with Crippen molar-refractivity contribution >= 4 is 56.4 Å². The number of thiophene rings is 1. The molecule has 0 unspecified atom stereocenters. The first kappa shape index (κ1) is 29.1. The number of anilines is 2. The molecule has 0 saturated carbocycles. The zero-order valence-corrected chi connectivity index (χ0v) is 25.2. The number of aryl methyl sites for hydroxylation is 1. The molecule has 0 aliphatic rings. The summed E-state index contributed by atoms with van der Waals surface area (Å²) in [5.41, 5.74) is 9.26. The van der Waals surface area contributed by atoms with Crippen molar-refractivity contribution in [3.63, 3.8) is 0 Å². The molecule has 2 heterocycles. The van der Waals surface area contributed by atoms with E-state index in [4.69, 9.17) is 31.9 Å². The number of rotatable bonds is 11. The first-order chi connectivity index (χ1) is 18.8. The third kappa shape index (κ3) is 6.99. The number of nitrogens with zero attached hydrogens (tertiary/aromatic N) is 1. The quantitative estimate of drug-likeness (QED) is 0.0963. The molecule has 2 aromatic heterocycles. The van der Waals surface area contributed by atoms with Gasteiger partial charge in [-0.15, -0.1) is 11.3 Å². The largest absolute Gasteiger partial charge is 0.142 e. The van der Waals surface area contributed by atoms with Gasteiger partial charge in [-0.25, -0.2) is 9.78 Å². The third-order valence-electron chi connectivity index (χ3n) is 5.74. The fourth-order valence-electron chi connectivity index (χ4n) is 3.76. The van der Waals surface area contributed by atoms with Gasteiger partial charge in [-0.3, -0.25) is 0 Å². The molecule has 11 heteroatoms. The summed E-state index contributed by atoms with van der Waals surface area (Å²) in [7, 11) is 0. The first-order valence-corrected chi connectivity index (χ1v) is 16.0. The van der Waals surface area contributed by atoms with Crippen molar-refractivity contribution in [1.82, 2.24) is 4.98 Å². The number of aromatic nitrogens is 1. The van der Waals surface area contributed by atoms with Gasteiger partial charge in [0.25, 0.3) is 0 Å². The summed E-state index contributed by atoms with van der Waals surface area (Å²) in [6.45, 7) is 4.31. The van der Waals surface area contributed by atoms with E-state index in [0.717, 1.165) is 25.5 Å². The monoisotopic (exact) mass is 680 g/mol. The Balaban J connectivity index is 1.47. The van der Waals surface area contributed by atoms with Gasteiger partial charge in [-0.1, -0.05) is 0 Å². The van der Waals surface area contributed by atoms with E-state index in [1.54, 1.807) is 25.1 Å². The van der Waals surface area contributed by atoms with Crippen LogP contribution in [0.1, 0.15) is 45.2 Å². The number of nitrogen functional groups attached to an aromatic ring is 1. The van der Waals surface area contributed by atoms with Crippen LogP contribution in [0.3, 0.4) is 0 Å². The normalized spacial score (nSPS) is 11.1. The fourth-order valence-corrected chi connectivity index (χ4v) is 7.60. The average Bonchev–Trinajstić information content (AvgIpc) is 3.35. The van der Waals surface area contributed by atoms with Crippen molar-refractivity contribution in [2.45, 2.75) is 26.9 Å². The number of nitrogens with one attached hydrogen (secondary N) is 1. The number of ether oxygens (including phenoxy) is 2. The van der Waals surface area contributed by atoms with Crippen LogP contribution < -0.4 is 37.0 Å². The summed E-state index contributed by atoms with van der Waals surface area (Å²) < 4.78 is 14.0. The molecule has 39 heavy (non-hydrogen) atoms. The predicted octanol–water partition coefficient (Wildman–Crippen LogP) is 2.49. The number of hydrogen-bond acceptors (Lipinski definition) is 8. The van der Waals surface area contributed by atoms with Crippen LogP contribution >= 0.6 is 22.9 Å². The zero-order chi connectivity index (χ0) is 27.9. The van der Waals surface area contributed by atoms with Gasteiger partial charge in [-0.2, -0.15) is 0 Å². The standard InChI is InChI=1S/C28H28ClIN3O5S/c1-3-37-28(36)20-13-32-26(31)24-18(15-39-25(20)24)14-38-23-12-19(7-5-16(23)2)33-27(35)17-6-8-22(21(29)11-17)30-9-4-10-34/h5-8,11-13,15,34H,3-4,9-10,14H2,1-2H3,(H2,31,32)(H,33,35)/q-1. The van der Waals surface area contributed by atoms with Gasteiger partial charge >= 0.3 is 169 Å². The second-order valence-corrected chi connectivity index (χ2v) is 12.8. The van der Waals surface area contributed by atoms with Crippen molar-refractivity contribution in [3.8, 4) is 5.75 Å². The van der Waals surface area contributed by atoms with E-state index < -0.39 is 5.97 Å². The average molecular weight is 681 g/mol. The Bertz CT molecular complexity index is 1510. The van der Waals surface area contributed by atoms with Gasteiger partial charge in [0.15, 0.2) is 0 Å². The van der Waals surface area contributed by atoms with Crippen LogP contribution in [-0.2, 0) is 11.3 Å². The second-order valence-electron chi connectivity index (χ2n) is 8.49. The van der Waals surface area contributed by atoms with E-state index in [0.29, 0.717) is 43.5 Å². The van der Waals surface area contributed by atoms with Crippen LogP contribution in [0.4, 0.5) is 11.5 Å². The number of carbonyl (C=O) groups is 2. The van der Waals surface area contributed by atoms with Crippen molar-refractivity contribution in [2.24, 2.45) is 0 Å². The number of alkyl halides is 1. The summed E-state index contributed by atoms with van der Waals surface area (Å²) in [4.78, 5) is 29.4. The molecule has 0 saturated heterocycles. The number of aliphatic hydroxyl groups is 1. The Kier molecular flexibility index (Phi) is 10.0. The fraction of sp³-hybridized carbons (Fsp3) is 0.250. The molecule has 2 aromatic carbocycles. The third-order valence-corrected chi connectivity index (χ3v) is 10.5. The van der Waals surface area contributed by atoms with Crippen LogP contribution in [0, 0.1) is 10.5 Å². The number of fused-ring (bicyclic) bond motifs is 1. The number of esters is 1. The molecule has 206 valence electrons. The molecule has 4 N–H and O–H groups in total. The Morgan fingerprint density at radius 1 is 1.23 bits per heavy atom. The van der Waals surface area contributed by atoms with Crippen molar-refractivity contribution in [1.29, 1.82) is 0 Å². The number of halogens is 2. The zero-order valence-electron chi connectivity index (χ0n) is 21.4. The molecule has 0 bridgehead atoms. The summed E-state index contributed by atoms with van der Waals surface area (Å²) >= 11 is 7.49. The number of nitrogens with two attached hydrogens (primary N) is 1. The van der Waals surface area contributed by atoms with Gasteiger partial charge in [0.2, 0.25) is 0 Å². The maximum Gasteiger partial charge on any atom is 0.0545 e. The number of amides is 1. The van der Waals surface area contributed by atoms with Crippen LogP contribution in [-0.4, -0.2) is 39.6 Å². The molecule has 0 fully saturated rings. The summed E-state index contributed by atoms with van der Waals surface area (Å²) in [5.74, 6) is 0.196. The maximum absolute atomic E-state index is 12.9. The Morgan fingerprint density at radius 2 is 2.05 bits per heavy atom. The molecule has 0 radical (unpaired) electrons. The second kappa shape index (κ2) is 13.4. The van der Waals surface area contributed by atoms with Crippen molar-refractivity contribution in [2.75, 3.05) is 28.7 Å². The molecular weight excluding hydrogens is 653 g/mol. The Labute approximate surface area is 245 Å². The van der Waals surface area contributed by atoms with E-state index in [1.165, 1.54) is 17.5 Å². The summed E-state index contributed by atoms with van der Waals surface area (Å²) in [6.07, 6.45) is 2.19. The minimum absolute atomic E-state index is 0.172. The molecule has 1 amide bonds. The van der Waals surface area contributed by atoms with Crippen LogP contribution in [0.5, 0.6) is 5.75 Å². The topological polar surface area (TPSA) is 124 Å². The minimum Gasteiger partial charge on any atom is -0.142 e. The number of pyridine rings is 1. The Hall–Kier alpha value is -2.93. The van der Waals surface area contributed by atoms with Crippen LogP contribution in [0.2, 0.25) is 5.02 Å². The summed E-state index contributed by atoms with van der Waals surface area (Å²) in [6, 6.07) is 10.8. The van der Waals surface area contributed by atoms with Crippen molar-refractivity contribution < 1.29 is 45.4 Å². The SMILES string of the molecule is CCOC(=O)c1cnc(N)c2c(COc3cc(NC(=O)c4ccc([I-]CCCO)c(Cl)c4)ccc3C)csc12. The number of aliphatic hydroxyl groups excluding tert-OH is 1. The van der Waals surface area contributed by atoms with Crippen molar-refractivity contribution in [3.05, 3.63) is 78.8 Å². The van der Waals surface area contributed by atoms with Gasteiger partial charge in [-0.05, 0) is 12.3 Å². The first-order valence-electron chi connectivity index (χ1n) is 12.2. The van der Waals surface area contributed by atoms with Gasteiger partial charge < -0.3 is 10.5 Å². The molecule has 8 nitrogen and oxygen atoms in total.